The number of hydrogen-bond donors (Lipinski definition) is 1. The molecule has 2 rings (SSSR count). The predicted octanol–water partition coefficient (Wildman–Crippen LogP) is 3.21. The van der Waals surface area contributed by atoms with Crippen molar-refractivity contribution in [3.8, 4) is 6.07 Å². The van der Waals surface area contributed by atoms with Gasteiger partial charge in [-0.2, -0.15) is 10.4 Å². The molecular weight excluding hydrogens is 408 g/mol. The summed E-state index contributed by atoms with van der Waals surface area (Å²) in [6, 6.07) is 8.15. The van der Waals surface area contributed by atoms with Crippen molar-refractivity contribution in [1.29, 1.82) is 5.26 Å². The molecule has 1 aromatic heterocycles. The van der Waals surface area contributed by atoms with Crippen LogP contribution in [0.2, 0.25) is 0 Å². The lowest BCUT2D eigenvalue weighted by Gasteiger charge is -2.05. The molecule has 118 valence electrons. The van der Waals surface area contributed by atoms with E-state index in [1.807, 2.05) is 28.7 Å². The van der Waals surface area contributed by atoms with E-state index < -0.39 is 0 Å². The second kappa shape index (κ2) is 7.37. The van der Waals surface area contributed by atoms with Crippen molar-refractivity contribution in [3.63, 3.8) is 0 Å². The van der Waals surface area contributed by atoms with Crippen LogP contribution < -0.4 is 5.73 Å². The Morgan fingerprint density at radius 2 is 2.26 bits per heavy atom. The highest BCUT2D eigenvalue weighted by Crippen LogP contribution is 2.23. The van der Waals surface area contributed by atoms with Crippen LogP contribution in [0, 0.1) is 20.7 Å². The lowest BCUT2D eigenvalue weighted by Crippen LogP contribution is -2.07. The number of aliphatic imine (C=N–C) groups is 1. The highest BCUT2D eigenvalue weighted by Gasteiger charge is 2.09. The molecule has 0 fully saturated rings. The molecule has 7 heteroatoms. The molecular formula is C16H15FIN5. The number of nitrogens with two attached hydrogens (primary N) is 1. The summed E-state index contributed by atoms with van der Waals surface area (Å²) in [4.78, 5) is 4.57. The van der Waals surface area contributed by atoms with Gasteiger partial charge in [0.2, 0.25) is 0 Å². The van der Waals surface area contributed by atoms with Gasteiger partial charge in [0.05, 0.1) is 5.69 Å². The molecule has 5 nitrogen and oxygen atoms in total. The van der Waals surface area contributed by atoms with Crippen LogP contribution in [-0.4, -0.2) is 15.5 Å². The van der Waals surface area contributed by atoms with E-state index in [9.17, 15) is 4.39 Å². The van der Waals surface area contributed by atoms with E-state index in [1.54, 1.807) is 36.9 Å². The Bertz CT molecular complexity index is 825. The molecule has 23 heavy (non-hydrogen) atoms. The van der Waals surface area contributed by atoms with Crippen molar-refractivity contribution < 1.29 is 4.39 Å². The summed E-state index contributed by atoms with van der Waals surface area (Å²) in [5.74, 6) is -0.300. The number of aromatic nitrogens is 2. The van der Waals surface area contributed by atoms with Gasteiger partial charge in [-0.3, -0.25) is 9.67 Å². The Labute approximate surface area is 147 Å². The van der Waals surface area contributed by atoms with Gasteiger partial charge < -0.3 is 5.73 Å². The predicted molar refractivity (Wildman–Crippen MR) is 95.8 cm³/mol. The second-order valence-corrected chi connectivity index (χ2v) is 6.18. The molecule has 0 saturated carbocycles. The fourth-order valence-corrected chi connectivity index (χ4v) is 2.62. The minimum absolute atomic E-state index is 0.300. The first kappa shape index (κ1) is 17.1. The molecule has 0 aliphatic heterocycles. The number of aryl methyl sites for hydroxylation is 1. The van der Waals surface area contributed by atoms with E-state index in [0.29, 0.717) is 32.8 Å². The van der Waals surface area contributed by atoms with Crippen molar-refractivity contribution >= 4 is 34.0 Å². The third kappa shape index (κ3) is 4.63. The first-order valence-electron chi connectivity index (χ1n) is 6.78. The molecule has 0 bridgehead atoms. The fourth-order valence-electron chi connectivity index (χ4n) is 2.02. The third-order valence-corrected chi connectivity index (χ3v) is 3.89. The van der Waals surface area contributed by atoms with Gasteiger partial charge >= 0.3 is 0 Å². The standard InChI is InChI=1S/C16H15FIN5/c1-10(20)5-12(7-14-8-13(9-19)22-23(14)2)21-16-4-3-11(17)6-15(16)18/h3-6,8H,7,20H2,1-2H3. The number of rotatable bonds is 4. The van der Waals surface area contributed by atoms with Crippen LogP contribution in [0.15, 0.2) is 41.0 Å². The summed E-state index contributed by atoms with van der Waals surface area (Å²) in [7, 11) is 1.77. The average molecular weight is 423 g/mol. The van der Waals surface area contributed by atoms with Gasteiger partial charge in [0.1, 0.15) is 11.9 Å². The summed E-state index contributed by atoms with van der Waals surface area (Å²) in [6.07, 6.45) is 2.23. The van der Waals surface area contributed by atoms with Gasteiger partial charge in [-0.05, 0) is 59.9 Å². The van der Waals surface area contributed by atoms with Crippen LogP contribution in [0.4, 0.5) is 10.1 Å². The third-order valence-electron chi connectivity index (χ3n) is 3.02. The van der Waals surface area contributed by atoms with Gasteiger partial charge in [0.25, 0.3) is 0 Å². The van der Waals surface area contributed by atoms with Crippen molar-refractivity contribution in [2.24, 2.45) is 17.8 Å². The summed E-state index contributed by atoms with van der Waals surface area (Å²) in [6.45, 7) is 1.77. The van der Waals surface area contributed by atoms with Crippen LogP contribution in [-0.2, 0) is 13.5 Å². The monoisotopic (exact) mass is 423 g/mol. The van der Waals surface area contributed by atoms with Crippen molar-refractivity contribution in [3.05, 3.63) is 56.8 Å². The zero-order valence-corrected chi connectivity index (χ0v) is 14.9. The number of allylic oxidation sites excluding steroid dienone is 2. The van der Waals surface area contributed by atoms with E-state index in [-0.39, 0.29) is 5.82 Å². The highest BCUT2D eigenvalue weighted by atomic mass is 127. The molecule has 0 aliphatic rings. The molecule has 1 aromatic carbocycles. The van der Waals surface area contributed by atoms with Crippen LogP contribution in [0.3, 0.4) is 0 Å². The molecule has 1 heterocycles. The Hall–Kier alpha value is -2.21. The maximum Gasteiger partial charge on any atom is 0.162 e. The van der Waals surface area contributed by atoms with E-state index in [1.165, 1.54) is 12.1 Å². The molecule has 0 atom stereocenters. The molecule has 0 spiro atoms. The normalized spacial score (nSPS) is 12.3. The molecule has 0 saturated heterocycles. The van der Waals surface area contributed by atoms with Crippen LogP contribution in [0.1, 0.15) is 18.3 Å². The van der Waals surface area contributed by atoms with Crippen LogP contribution in [0.5, 0.6) is 0 Å². The highest BCUT2D eigenvalue weighted by molar-refractivity contribution is 14.1. The Balaban J connectivity index is 2.41. The maximum atomic E-state index is 13.2. The van der Waals surface area contributed by atoms with Gasteiger partial charge in [0, 0.05) is 34.1 Å². The molecule has 0 radical (unpaired) electrons. The van der Waals surface area contributed by atoms with Crippen molar-refractivity contribution in [1.82, 2.24) is 9.78 Å². The first-order chi connectivity index (χ1) is 10.9. The van der Waals surface area contributed by atoms with Gasteiger partial charge in [-0.15, -0.1) is 0 Å². The average Bonchev–Trinajstić information content (AvgIpc) is 2.82. The number of halogens is 2. The quantitative estimate of drug-likeness (QED) is 0.606. The number of benzene rings is 1. The fraction of sp³-hybridized carbons (Fsp3) is 0.188. The van der Waals surface area contributed by atoms with E-state index in [2.05, 4.69) is 10.1 Å². The van der Waals surface area contributed by atoms with E-state index in [0.717, 1.165) is 5.69 Å². The van der Waals surface area contributed by atoms with Gasteiger partial charge in [0.15, 0.2) is 5.69 Å². The topological polar surface area (TPSA) is 80.0 Å². The van der Waals surface area contributed by atoms with E-state index >= 15 is 0 Å². The summed E-state index contributed by atoms with van der Waals surface area (Å²) in [5, 5.41) is 13.0. The molecule has 2 N–H and O–H groups in total. The molecule has 0 unspecified atom stereocenters. The minimum Gasteiger partial charge on any atom is -0.402 e. The van der Waals surface area contributed by atoms with Gasteiger partial charge in [-0.25, -0.2) is 4.39 Å². The lowest BCUT2D eigenvalue weighted by atomic mass is 10.1. The van der Waals surface area contributed by atoms with Crippen molar-refractivity contribution in [2.45, 2.75) is 13.3 Å². The zero-order chi connectivity index (χ0) is 17.0. The summed E-state index contributed by atoms with van der Waals surface area (Å²) < 4.78 is 15.6. The summed E-state index contributed by atoms with van der Waals surface area (Å²) in [5.41, 5.74) is 8.97. The number of hydrogen-bond acceptors (Lipinski definition) is 4. The Kier molecular flexibility index (Phi) is 5.50. The first-order valence-corrected chi connectivity index (χ1v) is 7.86. The van der Waals surface area contributed by atoms with Crippen LogP contribution in [0.25, 0.3) is 0 Å². The Morgan fingerprint density at radius 3 is 2.83 bits per heavy atom. The molecule has 2 aromatic rings. The number of nitrogens with zero attached hydrogens (tertiary/aromatic N) is 4. The van der Waals surface area contributed by atoms with Crippen molar-refractivity contribution in [2.75, 3.05) is 0 Å². The molecule has 0 amide bonds. The molecule has 0 aliphatic carbocycles. The second-order valence-electron chi connectivity index (χ2n) is 5.02. The van der Waals surface area contributed by atoms with E-state index in [4.69, 9.17) is 11.0 Å². The largest absolute Gasteiger partial charge is 0.402 e. The lowest BCUT2D eigenvalue weighted by molar-refractivity contribution is 0.627. The minimum atomic E-state index is -0.300. The SMILES string of the molecule is CC(N)=CC(Cc1cc(C#N)nn1C)=Nc1ccc(F)cc1I. The zero-order valence-electron chi connectivity index (χ0n) is 12.7. The smallest absolute Gasteiger partial charge is 0.162 e. The maximum absolute atomic E-state index is 13.2. The number of nitriles is 1. The Morgan fingerprint density at radius 1 is 1.52 bits per heavy atom. The summed E-state index contributed by atoms with van der Waals surface area (Å²) >= 11 is 2.04. The van der Waals surface area contributed by atoms with Gasteiger partial charge in [-0.1, -0.05) is 0 Å². The van der Waals surface area contributed by atoms with Crippen LogP contribution >= 0.6 is 22.6 Å².